The van der Waals surface area contributed by atoms with Gasteiger partial charge in [-0.25, -0.2) is 15.0 Å². The molecule has 0 saturated heterocycles. The molecule has 6 heteroatoms. The number of aryl methyl sites for hydroxylation is 1. The summed E-state index contributed by atoms with van der Waals surface area (Å²) in [5.74, 6) is 0. The SMILES string of the molecule is Cn1cnc(-c2nccc3cnc(Cl)nc23)c1. The first-order valence-corrected chi connectivity index (χ1v) is 5.37. The first-order chi connectivity index (χ1) is 8.24. The van der Waals surface area contributed by atoms with Crippen LogP contribution in [-0.2, 0) is 7.05 Å². The van der Waals surface area contributed by atoms with Gasteiger partial charge in [0.25, 0.3) is 0 Å². The molecule has 0 unspecified atom stereocenters. The molecule has 3 aromatic rings. The van der Waals surface area contributed by atoms with Crippen molar-refractivity contribution in [2.45, 2.75) is 0 Å². The third kappa shape index (κ3) is 1.74. The number of halogens is 1. The van der Waals surface area contributed by atoms with Crippen LogP contribution in [0.15, 0.2) is 31.0 Å². The standard InChI is InChI=1S/C11H8ClN5/c1-17-5-8(15-6-17)10-9-7(2-3-13-10)4-14-11(12)16-9/h2-6H,1H3. The molecule has 0 saturated carbocycles. The molecule has 0 aromatic carbocycles. The monoisotopic (exact) mass is 245 g/mol. The van der Waals surface area contributed by atoms with Gasteiger partial charge in [-0.2, -0.15) is 0 Å². The highest BCUT2D eigenvalue weighted by molar-refractivity contribution is 6.28. The zero-order chi connectivity index (χ0) is 11.8. The summed E-state index contributed by atoms with van der Waals surface area (Å²) in [6.45, 7) is 0. The molecule has 3 heterocycles. The third-order valence-corrected chi connectivity index (χ3v) is 2.60. The number of imidazole rings is 1. The van der Waals surface area contributed by atoms with Gasteiger partial charge < -0.3 is 4.57 Å². The maximum atomic E-state index is 5.81. The minimum Gasteiger partial charge on any atom is -0.340 e. The highest BCUT2D eigenvalue weighted by Gasteiger charge is 2.09. The van der Waals surface area contributed by atoms with Gasteiger partial charge in [-0.15, -0.1) is 0 Å². The van der Waals surface area contributed by atoms with E-state index in [0.29, 0.717) is 11.2 Å². The maximum Gasteiger partial charge on any atom is 0.222 e. The second kappa shape index (κ2) is 3.78. The average molecular weight is 246 g/mol. The molecule has 3 aromatic heterocycles. The fourth-order valence-electron chi connectivity index (χ4n) is 1.66. The van der Waals surface area contributed by atoms with Crippen LogP contribution in [-0.4, -0.2) is 24.5 Å². The molecule has 0 atom stereocenters. The number of aromatic nitrogens is 5. The molecule has 0 bridgehead atoms. The van der Waals surface area contributed by atoms with Gasteiger partial charge >= 0.3 is 0 Å². The van der Waals surface area contributed by atoms with Gasteiger partial charge in [-0.1, -0.05) is 0 Å². The van der Waals surface area contributed by atoms with Crippen molar-refractivity contribution < 1.29 is 0 Å². The van der Waals surface area contributed by atoms with E-state index in [1.165, 1.54) is 0 Å². The van der Waals surface area contributed by atoms with Crippen molar-refractivity contribution in [1.29, 1.82) is 0 Å². The lowest BCUT2D eigenvalue weighted by molar-refractivity contribution is 0.913. The molecule has 0 N–H and O–H groups in total. The van der Waals surface area contributed by atoms with Gasteiger partial charge in [0.2, 0.25) is 5.28 Å². The summed E-state index contributed by atoms with van der Waals surface area (Å²) < 4.78 is 1.86. The number of nitrogens with zero attached hydrogens (tertiary/aromatic N) is 5. The first-order valence-electron chi connectivity index (χ1n) is 4.99. The van der Waals surface area contributed by atoms with Crippen molar-refractivity contribution >= 4 is 22.5 Å². The maximum absolute atomic E-state index is 5.81. The van der Waals surface area contributed by atoms with Crippen LogP contribution in [0.5, 0.6) is 0 Å². The summed E-state index contributed by atoms with van der Waals surface area (Å²) in [7, 11) is 1.91. The summed E-state index contributed by atoms with van der Waals surface area (Å²) in [4.78, 5) is 16.7. The number of rotatable bonds is 1. The van der Waals surface area contributed by atoms with Crippen LogP contribution in [0.1, 0.15) is 0 Å². The lowest BCUT2D eigenvalue weighted by Crippen LogP contribution is -1.91. The fourth-order valence-corrected chi connectivity index (χ4v) is 1.79. The lowest BCUT2D eigenvalue weighted by Gasteiger charge is -2.01. The Hall–Kier alpha value is -2.01. The third-order valence-electron chi connectivity index (χ3n) is 2.42. The van der Waals surface area contributed by atoms with Crippen molar-refractivity contribution in [3.63, 3.8) is 0 Å². The summed E-state index contributed by atoms with van der Waals surface area (Å²) in [6, 6.07) is 1.85. The van der Waals surface area contributed by atoms with E-state index in [2.05, 4.69) is 19.9 Å². The smallest absolute Gasteiger partial charge is 0.222 e. The van der Waals surface area contributed by atoms with Gasteiger partial charge in [0.15, 0.2) is 0 Å². The minimum atomic E-state index is 0.211. The minimum absolute atomic E-state index is 0.211. The second-order valence-corrected chi connectivity index (χ2v) is 4.00. The number of pyridine rings is 1. The van der Waals surface area contributed by atoms with Crippen LogP contribution in [0.3, 0.4) is 0 Å². The van der Waals surface area contributed by atoms with Crippen molar-refractivity contribution in [3.05, 3.63) is 36.3 Å². The Balaban J connectivity index is 2.32. The Kier molecular flexibility index (Phi) is 2.26. The average Bonchev–Trinajstić information content (AvgIpc) is 2.75. The van der Waals surface area contributed by atoms with Crippen molar-refractivity contribution in [1.82, 2.24) is 24.5 Å². The number of fused-ring (bicyclic) bond motifs is 1. The van der Waals surface area contributed by atoms with Crippen molar-refractivity contribution in [2.24, 2.45) is 7.05 Å². The molecule has 0 aliphatic rings. The number of hydrogen-bond acceptors (Lipinski definition) is 4. The molecule has 5 nitrogen and oxygen atoms in total. The Morgan fingerprint density at radius 1 is 1.24 bits per heavy atom. The van der Waals surface area contributed by atoms with Crippen molar-refractivity contribution in [3.8, 4) is 11.4 Å². The van der Waals surface area contributed by atoms with E-state index in [4.69, 9.17) is 11.6 Å². The summed E-state index contributed by atoms with van der Waals surface area (Å²) in [5.41, 5.74) is 2.20. The van der Waals surface area contributed by atoms with E-state index < -0.39 is 0 Å². The molecule has 0 radical (unpaired) electrons. The molecular weight excluding hydrogens is 238 g/mol. The zero-order valence-corrected chi connectivity index (χ0v) is 9.76. The largest absolute Gasteiger partial charge is 0.340 e. The summed E-state index contributed by atoms with van der Waals surface area (Å²) in [6.07, 6.45) is 7.00. The zero-order valence-electron chi connectivity index (χ0n) is 9.00. The predicted octanol–water partition coefficient (Wildman–Crippen LogP) is 2.08. The van der Waals surface area contributed by atoms with Crippen LogP contribution < -0.4 is 0 Å². The van der Waals surface area contributed by atoms with Crippen LogP contribution in [0.25, 0.3) is 22.3 Å². The molecule has 84 valence electrons. The molecule has 0 aliphatic heterocycles. The van der Waals surface area contributed by atoms with Crippen LogP contribution >= 0.6 is 11.6 Å². The molecule has 0 aliphatic carbocycles. The van der Waals surface area contributed by atoms with E-state index >= 15 is 0 Å². The van der Waals surface area contributed by atoms with E-state index in [1.54, 1.807) is 18.7 Å². The first kappa shape index (κ1) is 10.2. The fraction of sp³-hybridized carbons (Fsp3) is 0.0909. The van der Waals surface area contributed by atoms with Gasteiger partial charge in [0.05, 0.1) is 6.33 Å². The van der Waals surface area contributed by atoms with Crippen LogP contribution in [0.2, 0.25) is 5.28 Å². The molecular formula is C11H8ClN5. The Bertz CT molecular complexity index is 691. The normalized spacial score (nSPS) is 10.9. The predicted molar refractivity (Wildman–Crippen MR) is 64.5 cm³/mol. The Morgan fingerprint density at radius 2 is 2.12 bits per heavy atom. The molecule has 0 fully saturated rings. The highest BCUT2D eigenvalue weighted by atomic mass is 35.5. The summed E-state index contributed by atoms with van der Waals surface area (Å²) >= 11 is 5.81. The van der Waals surface area contributed by atoms with Gasteiger partial charge in [0.1, 0.15) is 16.9 Å². The van der Waals surface area contributed by atoms with E-state index in [1.807, 2.05) is 23.9 Å². The number of hydrogen-bond donors (Lipinski definition) is 0. The van der Waals surface area contributed by atoms with E-state index in [9.17, 15) is 0 Å². The van der Waals surface area contributed by atoms with Gasteiger partial charge in [-0.05, 0) is 17.7 Å². The van der Waals surface area contributed by atoms with E-state index in [-0.39, 0.29) is 5.28 Å². The van der Waals surface area contributed by atoms with E-state index in [0.717, 1.165) is 11.1 Å². The van der Waals surface area contributed by atoms with Gasteiger partial charge in [-0.3, -0.25) is 4.98 Å². The molecule has 0 amide bonds. The lowest BCUT2D eigenvalue weighted by atomic mass is 10.2. The quantitative estimate of drug-likeness (QED) is 0.616. The molecule has 17 heavy (non-hydrogen) atoms. The van der Waals surface area contributed by atoms with Crippen LogP contribution in [0, 0.1) is 0 Å². The molecule has 3 rings (SSSR count). The van der Waals surface area contributed by atoms with Crippen LogP contribution in [0.4, 0.5) is 0 Å². The van der Waals surface area contributed by atoms with Gasteiger partial charge in [0, 0.05) is 31.0 Å². The Labute approximate surface area is 102 Å². The molecule has 0 spiro atoms. The highest BCUT2D eigenvalue weighted by Crippen LogP contribution is 2.23. The van der Waals surface area contributed by atoms with Crippen molar-refractivity contribution in [2.75, 3.05) is 0 Å². The second-order valence-electron chi connectivity index (χ2n) is 3.66. The Morgan fingerprint density at radius 3 is 2.88 bits per heavy atom. The summed E-state index contributed by atoms with van der Waals surface area (Å²) in [5, 5.41) is 1.10. The topological polar surface area (TPSA) is 56.5 Å².